The first-order valence-electron chi connectivity index (χ1n) is 9.94. The molecule has 0 amide bonds. The van der Waals surface area contributed by atoms with Crippen molar-refractivity contribution in [3.63, 3.8) is 0 Å². The van der Waals surface area contributed by atoms with Crippen molar-refractivity contribution in [1.29, 1.82) is 0 Å². The predicted octanol–water partition coefficient (Wildman–Crippen LogP) is 4.52. The quantitative estimate of drug-likeness (QED) is 0.627. The van der Waals surface area contributed by atoms with Gasteiger partial charge in [0.05, 0.1) is 24.4 Å². The van der Waals surface area contributed by atoms with Crippen molar-refractivity contribution in [2.24, 2.45) is 0 Å². The zero-order chi connectivity index (χ0) is 21.1. The lowest BCUT2D eigenvalue weighted by Crippen LogP contribution is -2.34. The van der Waals surface area contributed by atoms with Gasteiger partial charge in [-0.1, -0.05) is 18.2 Å². The summed E-state index contributed by atoms with van der Waals surface area (Å²) in [5.41, 5.74) is 2.83. The van der Waals surface area contributed by atoms with E-state index in [4.69, 9.17) is 4.74 Å². The first-order chi connectivity index (χ1) is 14.6. The first-order valence-corrected chi connectivity index (χ1v) is 9.94. The van der Waals surface area contributed by atoms with Gasteiger partial charge in [-0.25, -0.2) is 13.6 Å². The smallest absolute Gasteiger partial charge is 0.337 e. The van der Waals surface area contributed by atoms with E-state index in [1.807, 2.05) is 12.1 Å². The minimum atomic E-state index is -0.587. The van der Waals surface area contributed by atoms with E-state index in [1.165, 1.54) is 31.5 Å². The Labute approximate surface area is 173 Å². The number of aromatic nitrogens is 2. The van der Waals surface area contributed by atoms with E-state index in [1.54, 1.807) is 12.1 Å². The average molecular weight is 411 g/mol. The Morgan fingerprint density at radius 2 is 1.93 bits per heavy atom. The number of nitrogens with zero attached hydrogens (tertiary/aromatic N) is 2. The number of rotatable bonds is 5. The maximum atomic E-state index is 14.3. The maximum Gasteiger partial charge on any atom is 0.337 e. The molecule has 1 fully saturated rings. The van der Waals surface area contributed by atoms with Gasteiger partial charge < -0.3 is 4.74 Å². The van der Waals surface area contributed by atoms with Crippen LogP contribution in [-0.2, 0) is 11.3 Å². The van der Waals surface area contributed by atoms with Crippen LogP contribution in [0.2, 0.25) is 0 Å². The summed E-state index contributed by atoms with van der Waals surface area (Å²) in [4.78, 5) is 13.9. The van der Waals surface area contributed by atoms with Crippen LogP contribution >= 0.6 is 0 Å². The van der Waals surface area contributed by atoms with Gasteiger partial charge in [-0.15, -0.1) is 0 Å². The second kappa shape index (κ2) is 8.75. The van der Waals surface area contributed by atoms with Gasteiger partial charge in [-0.2, -0.15) is 5.10 Å². The van der Waals surface area contributed by atoms with E-state index in [0.29, 0.717) is 11.1 Å². The third-order valence-corrected chi connectivity index (χ3v) is 5.60. The number of hydrogen-bond donors (Lipinski definition) is 1. The minimum absolute atomic E-state index is 0.0308. The van der Waals surface area contributed by atoms with Crippen molar-refractivity contribution < 1.29 is 18.3 Å². The molecule has 1 aromatic heterocycles. The van der Waals surface area contributed by atoms with Crippen LogP contribution in [-0.4, -0.2) is 41.3 Å². The molecule has 4 rings (SSSR count). The average Bonchev–Trinajstić information content (AvgIpc) is 3.23. The summed E-state index contributed by atoms with van der Waals surface area (Å²) in [6.45, 7) is 2.42. The number of likely N-dealkylation sites (tertiary alicyclic amines) is 1. The van der Waals surface area contributed by atoms with Gasteiger partial charge in [-0.05, 0) is 49.2 Å². The third-order valence-electron chi connectivity index (χ3n) is 5.60. The molecule has 156 valence electrons. The van der Waals surface area contributed by atoms with Crippen molar-refractivity contribution in [3.05, 3.63) is 77.1 Å². The molecular formula is C23H23F2N3O2. The van der Waals surface area contributed by atoms with Crippen LogP contribution in [0.3, 0.4) is 0 Å². The fraction of sp³-hybridized carbons (Fsp3) is 0.304. The molecule has 1 N–H and O–H groups in total. The summed E-state index contributed by atoms with van der Waals surface area (Å²) < 4.78 is 33.4. The van der Waals surface area contributed by atoms with E-state index in [-0.39, 0.29) is 17.5 Å². The topological polar surface area (TPSA) is 58.2 Å². The number of H-pyrrole nitrogens is 1. The van der Waals surface area contributed by atoms with Gasteiger partial charge in [0.25, 0.3) is 0 Å². The van der Waals surface area contributed by atoms with Crippen LogP contribution in [0.25, 0.3) is 11.1 Å². The van der Waals surface area contributed by atoms with Crippen molar-refractivity contribution in [2.45, 2.75) is 25.3 Å². The van der Waals surface area contributed by atoms with E-state index in [2.05, 4.69) is 15.1 Å². The van der Waals surface area contributed by atoms with Crippen molar-refractivity contribution in [2.75, 3.05) is 20.2 Å². The molecule has 1 aliphatic rings. The summed E-state index contributed by atoms with van der Waals surface area (Å²) >= 11 is 0. The Morgan fingerprint density at radius 1 is 1.20 bits per heavy atom. The molecule has 0 bridgehead atoms. The van der Waals surface area contributed by atoms with Crippen LogP contribution in [0.4, 0.5) is 8.78 Å². The fourth-order valence-corrected chi connectivity index (χ4v) is 4.12. The lowest BCUT2D eigenvalue weighted by atomic mass is 9.90. The SMILES string of the molecule is COC(=O)c1ccc(CN2CCC[C@H](c3[nH]ncc3-c3c(F)cccc3F)C2)cc1. The first kappa shape index (κ1) is 20.2. The molecule has 3 aromatic rings. The largest absolute Gasteiger partial charge is 0.465 e. The van der Waals surface area contributed by atoms with E-state index in [9.17, 15) is 13.6 Å². The van der Waals surface area contributed by atoms with Gasteiger partial charge in [0.1, 0.15) is 11.6 Å². The van der Waals surface area contributed by atoms with Crippen molar-refractivity contribution in [1.82, 2.24) is 15.1 Å². The third kappa shape index (κ3) is 4.11. The number of halogens is 2. The van der Waals surface area contributed by atoms with Gasteiger partial charge in [-0.3, -0.25) is 10.00 Å². The highest BCUT2D eigenvalue weighted by Crippen LogP contribution is 2.35. The molecule has 2 heterocycles. The molecule has 1 saturated heterocycles. The standard InChI is InChI=1S/C23H23F2N3O2/c1-30-23(29)16-9-7-15(8-10-16)13-28-11-3-4-17(14-28)22-18(12-26-27-22)21-19(24)5-2-6-20(21)25/h2,5-10,12,17H,3-4,11,13-14H2,1H3,(H,26,27)/t17-/m0/s1. The Balaban J connectivity index is 1.50. The van der Waals surface area contributed by atoms with Crippen LogP contribution in [0.1, 0.15) is 40.4 Å². The Morgan fingerprint density at radius 3 is 2.63 bits per heavy atom. The Kier molecular flexibility index (Phi) is 5.90. The summed E-state index contributed by atoms with van der Waals surface area (Å²) in [7, 11) is 1.36. The van der Waals surface area contributed by atoms with E-state index in [0.717, 1.165) is 43.7 Å². The summed E-state index contributed by atoms with van der Waals surface area (Å²) in [6.07, 6.45) is 3.40. The molecule has 7 heteroatoms. The molecule has 5 nitrogen and oxygen atoms in total. The molecule has 2 aromatic carbocycles. The maximum absolute atomic E-state index is 14.3. The Bertz CT molecular complexity index is 1010. The van der Waals surface area contributed by atoms with Gasteiger partial charge in [0.2, 0.25) is 0 Å². The molecule has 0 saturated carbocycles. The Hall–Kier alpha value is -3.06. The molecule has 0 aliphatic carbocycles. The summed E-state index contributed by atoms with van der Waals surface area (Å²) in [6, 6.07) is 11.3. The summed E-state index contributed by atoms with van der Waals surface area (Å²) in [5, 5.41) is 7.06. The van der Waals surface area contributed by atoms with Crippen LogP contribution in [0.5, 0.6) is 0 Å². The lowest BCUT2D eigenvalue weighted by molar-refractivity contribution is 0.0600. The second-order valence-electron chi connectivity index (χ2n) is 7.56. The number of benzene rings is 2. The van der Waals surface area contributed by atoms with Crippen LogP contribution in [0, 0.1) is 11.6 Å². The highest BCUT2D eigenvalue weighted by Gasteiger charge is 2.27. The lowest BCUT2D eigenvalue weighted by Gasteiger charge is -2.32. The number of nitrogens with one attached hydrogen (secondary N) is 1. The molecule has 1 aliphatic heterocycles. The number of aromatic amines is 1. The van der Waals surface area contributed by atoms with E-state index >= 15 is 0 Å². The number of piperidine rings is 1. The number of esters is 1. The van der Waals surface area contributed by atoms with Crippen LogP contribution in [0.15, 0.2) is 48.7 Å². The van der Waals surface area contributed by atoms with Gasteiger partial charge in [0.15, 0.2) is 0 Å². The highest BCUT2D eigenvalue weighted by molar-refractivity contribution is 5.89. The monoisotopic (exact) mass is 411 g/mol. The van der Waals surface area contributed by atoms with Gasteiger partial charge >= 0.3 is 5.97 Å². The molecule has 0 spiro atoms. The highest BCUT2D eigenvalue weighted by atomic mass is 19.1. The van der Waals surface area contributed by atoms with E-state index < -0.39 is 11.6 Å². The predicted molar refractivity (Wildman–Crippen MR) is 109 cm³/mol. The minimum Gasteiger partial charge on any atom is -0.465 e. The molecule has 30 heavy (non-hydrogen) atoms. The van der Waals surface area contributed by atoms with Crippen molar-refractivity contribution >= 4 is 5.97 Å². The normalized spacial score (nSPS) is 17.1. The fourth-order valence-electron chi connectivity index (χ4n) is 4.12. The number of hydrogen-bond acceptors (Lipinski definition) is 4. The molecule has 0 radical (unpaired) electrons. The molecule has 1 atom stereocenters. The molecular weight excluding hydrogens is 388 g/mol. The molecule has 0 unspecified atom stereocenters. The summed E-state index contributed by atoms with van der Waals surface area (Å²) in [5.74, 6) is -1.43. The van der Waals surface area contributed by atoms with Crippen molar-refractivity contribution in [3.8, 4) is 11.1 Å². The number of methoxy groups -OCH3 is 1. The zero-order valence-electron chi connectivity index (χ0n) is 16.7. The number of ether oxygens (including phenoxy) is 1. The zero-order valence-corrected chi connectivity index (χ0v) is 16.7. The van der Waals surface area contributed by atoms with Crippen LogP contribution < -0.4 is 0 Å². The van der Waals surface area contributed by atoms with Gasteiger partial charge in [0, 0.05) is 30.3 Å². The number of carbonyl (C=O) groups is 1. The number of carbonyl (C=O) groups excluding carboxylic acids is 1. The second-order valence-corrected chi connectivity index (χ2v) is 7.56.